The molecule has 1 aliphatic heterocycles. The van der Waals surface area contributed by atoms with Crippen LogP contribution in [0.5, 0.6) is 0 Å². The number of thiophene rings is 1. The summed E-state index contributed by atoms with van der Waals surface area (Å²) in [5.74, 6) is 1.04. The SMILES string of the molecule is Cc1ccc([C@@H]2SCCN2C(=O)[C@H](C)Cl)s1. The van der Waals surface area contributed by atoms with Gasteiger partial charge in [-0.05, 0) is 26.0 Å². The average Bonchev–Trinajstić information content (AvgIpc) is 2.83. The van der Waals surface area contributed by atoms with Crippen molar-refractivity contribution in [3.63, 3.8) is 0 Å². The van der Waals surface area contributed by atoms with Crippen molar-refractivity contribution >= 4 is 40.6 Å². The molecule has 1 aromatic heterocycles. The van der Waals surface area contributed by atoms with Gasteiger partial charge in [0.25, 0.3) is 0 Å². The molecule has 1 aromatic rings. The molecule has 0 saturated carbocycles. The highest BCUT2D eigenvalue weighted by atomic mass is 35.5. The maximum absolute atomic E-state index is 11.9. The molecule has 1 aliphatic rings. The lowest BCUT2D eigenvalue weighted by Gasteiger charge is -2.23. The number of rotatable bonds is 2. The number of thioether (sulfide) groups is 1. The molecule has 2 rings (SSSR count). The van der Waals surface area contributed by atoms with E-state index in [1.54, 1.807) is 18.3 Å². The predicted molar refractivity (Wildman–Crippen MR) is 71.3 cm³/mol. The number of nitrogens with zero attached hydrogens (tertiary/aromatic N) is 1. The smallest absolute Gasteiger partial charge is 0.241 e. The van der Waals surface area contributed by atoms with Crippen molar-refractivity contribution in [3.05, 3.63) is 21.9 Å². The van der Waals surface area contributed by atoms with Crippen LogP contribution in [0.1, 0.15) is 22.1 Å². The minimum absolute atomic E-state index is 0.0442. The number of halogens is 1. The predicted octanol–water partition coefficient (Wildman–Crippen LogP) is 3.26. The number of hydrogen-bond acceptors (Lipinski definition) is 3. The summed E-state index contributed by atoms with van der Waals surface area (Å²) in [6, 6.07) is 4.22. The molecule has 1 amide bonds. The lowest BCUT2D eigenvalue weighted by molar-refractivity contribution is -0.130. The maximum Gasteiger partial charge on any atom is 0.241 e. The van der Waals surface area contributed by atoms with E-state index in [1.165, 1.54) is 9.75 Å². The van der Waals surface area contributed by atoms with Crippen molar-refractivity contribution in [1.82, 2.24) is 4.90 Å². The van der Waals surface area contributed by atoms with Gasteiger partial charge in [-0.15, -0.1) is 34.7 Å². The molecule has 1 saturated heterocycles. The first-order chi connectivity index (χ1) is 7.59. The van der Waals surface area contributed by atoms with Gasteiger partial charge in [0.2, 0.25) is 5.91 Å². The van der Waals surface area contributed by atoms with Crippen LogP contribution >= 0.6 is 34.7 Å². The van der Waals surface area contributed by atoms with Crippen LogP contribution in [0.25, 0.3) is 0 Å². The Hall–Kier alpha value is -0.190. The van der Waals surface area contributed by atoms with Gasteiger partial charge in [0.15, 0.2) is 0 Å². The van der Waals surface area contributed by atoms with E-state index < -0.39 is 5.38 Å². The Kier molecular flexibility index (Phi) is 3.82. The van der Waals surface area contributed by atoms with Crippen LogP contribution in [0.4, 0.5) is 0 Å². The van der Waals surface area contributed by atoms with Crippen LogP contribution in [0.15, 0.2) is 12.1 Å². The van der Waals surface area contributed by atoms with Gasteiger partial charge in [0.1, 0.15) is 10.8 Å². The highest BCUT2D eigenvalue weighted by molar-refractivity contribution is 7.99. The molecule has 0 aromatic carbocycles. The van der Waals surface area contributed by atoms with Gasteiger partial charge in [0, 0.05) is 22.1 Å². The minimum Gasteiger partial charge on any atom is -0.324 e. The molecule has 0 N–H and O–H groups in total. The molecule has 0 radical (unpaired) electrons. The van der Waals surface area contributed by atoms with Crippen molar-refractivity contribution in [3.8, 4) is 0 Å². The molecule has 0 bridgehead atoms. The fourth-order valence-corrected chi connectivity index (χ4v) is 4.25. The van der Waals surface area contributed by atoms with Gasteiger partial charge in [0.05, 0.1) is 0 Å². The zero-order valence-electron chi connectivity index (χ0n) is 9.27. The van der Waals surface area contributed by atoms with E-state index in [0.29, 0.717) is 0 Å². The largest absolute Gasteiger partial charge is 0.324 e. The Morgan fingerprint density at radius 2 is 2.38 bits per heavy atom. The molecular weight excluding hydrogens is 262 g/mol. The van der Waals surface area contributed by atoms with Crippen molar-refractivity contribution < 1.29 is 4.79 Å². The van der Waals surface area contributed by atoms with E-state index in [2.05, 4.69) is 19.1 Å². The van der Waals surface area contributed by atoms with Gasteiger partial charge in [-0.1, -0.05) is 0 Å². The van der Waals surface area contributed by atoms with Crippen molar-refractivity contribution in [1.29, 1.82) is 0 Å². The van der Waals surface area contributed by atoms with E-state index >= 15 is 0 Å². The zero-order valence-corrected chi connectivity index (χ0v) is 11.7. The summed E-state index contributed by atoms with van der Waals surface area (Å²) < 4.78 is 0. The van der Waals surface area contributed by atoms with Crippen LogP contribution in [0.3, 0.4) is 0 Å². The fourth-order valence-electron chi connectivity index (χ4n) is 1.75. The standard InChI is InChI=1S/C11H14ClNOS2/c1-7-3-4-9(16-7)11-13(5-6-15-11)10(14)8(2)12/h3-4,8,11H,5-6H2,1-2H3/t8-,11-/m0/s1. The molecule has 2 heterocycles. The molecule has 2 nitrogen and oxygen atoms in total. The summed E-state index contributed by atoms with van der Waals surface area (Å²) in [5, 5.41) is -0.255. The average molecular weight is 276 g/mol. The number of aryl methyl sites for hydroxylation is 1. The van der Waals surface area contributed by atoms with Crippen LogP contribution in [-0.4, -0.2) is 28.5 Å². The first-order valence-corrected chi connectivity index (χ1v) is 7.52. The molecule has 0 spiro atoms. The van der Waals surface area contributed by atoms with E-state index in [4.69, 9.17) is 11.6 Å². The maximum atomic E-state index is 11.9. The molecule has 88 valence electrons. The third kappa shape index (κ3) is 2.39. The second-order valence-corrected chi connectivity index (χ2v) is 6.98. The lowest BCUT2D eigenvalue weighted by atomic mass is 10.3. The summed E-state index contributed by atoms with van der Waals surface area (Å²) in [6.07, 6.45) is 0. The number of amides is 1. The molecule has 0 aliphatic carbocycles. The molecular formula is C11H14ClNOS2. The second kappa shape index (κ2) is 4.98. The number of carbonyl (C=O) groups is 1. The first-order valence-electron chi connectivity index (χ1n) is 5.22. The molecule has 1 fully saturated rings. The van der Waals surface area contributed by atoms with Crippen molar-refractivity contribution in [2.75, 3.05) is 12.3 Å². The summed E-state index contributed by atoms with van der Waals surface area (Å²) in [4.78, 5) is 16.4. The van der Waals surface area contributed by atoms with E-state index in [0.717, 1.165) is 12.3 Å². The number of hydrogen-bond donors (Lipinski definition) is 0. The second-order valence-electron chi connectivity index (χ2n) is 3.82. The monoisotopic (exact) mass is 275 g/mol. The topological polar surface area (TPSA) is 20.3 Å². The normalized spacial score (nSPS) is 22.4. The van der Waals surface area contributed by atoms with E-state index in [1.807, 2.05) is 16.7 Å². The van der Waals surface area contributed by atoms with Gasteiger partial charge in [-0.2, -0.15) is 0 Å². The highest BCUT2D eigenvalue weighted by Gasteiger charge is 2.33. The van der Waals surface area contributed by atoms with Gasteiger partial charge < -0.3 is 4.90 Å². The summed E-state index contributed by atoms with van der Waals surface area (Å²) in [6.45, 7) is 4.63. The quantitative estimate of drug-likeness (QED) is 0.772. The summed E-state index contributed by atoms with van der Waals surface area (Å²) >= 11 is 9.45. The van der Waals surface area contributed by atoms with Crippen LogP contribution in [-0.2, 0) is 4.79 Å². The van der Waals surface area contributed by atoms with Gasteiger partial charge in [-0.3, -0.25) is 4.79 Å². The Labute approximate surface area is 109 Å². The van der Waals surface area contributed by atoms with Crippen LogP contribution in [0, 0.1) is 6.92 Å². The Balaban J connectivity index is 2.18. The first kappa shape index (κ1) is 12.3. The number of alkyl halides is 1. The van der Waals surface area contributed by atoms with E-state index in [-0.39, 0.29) is 11.3 Å². The molecule has 2 atom stereocenters. The zero-order chi connectivity index (χ0) is 11.7. The third-order valence-electron chi connectivity index (χ3n) is 2.52. The highest BCUT2D eigenvalue weighted by Crippen LogP contribution is 2.41. The minimum atomic E-state index is -0.428. The Morgan fingerprint density at radius 1 is 1.62 bits per heavy atom. The van der Waals surface area contributed by atoms with Gasteiger partial charge in [-0.25, -0.2) is 0 Å². The van der Waals surface area contributed by atoms with Crippen molar-refractivity contribution in [2.45, 2.75) is 24.6 Å². The molecule has 5 heteroatoms. The summed E-state index contributed by atoms with van der Waals surface area (Å²) in [7, 11) is 0. The number of carbonyl (C=O) groups excluding carboxylic acids is 1. The molecule has 16 heavy (non-hydrogen) atoms. The fraction of sp³-hybridized carbons (Fsp3) is 0.545. The van der Waals surface area contributed by atoms with Crippen molar-refractivity contribution in [2.24, 2.45) is 0 Å². The third-order valence-corrected chi connectivity index (χ3v) is 5.15. The van der Waals surface area contributed by atoms with Crippen LogP contribution in [0.2, 0.25) is 0 Å². The Bertz CT molecular complexity index is 391. The summed E-state index contributed by atoms with van der Waals surface area (Å²) in [5.41, 5.74) is 0. The Morgan fingerprint density at radius 3 is 2.94 bits per heavy atom. The van der Waals surface area contributed by atoms with E-state index in [9.17, 15) is 4.79 Å². The molecule has 0 unspecified atom stereocenters. The van der Waals surface area contributed by atoms with Crippen LogP contribution < -0.4 is 0 Å². The lowest BCUT2D eigenvalue weighted by Crippen LogP contribution is -2.34. The van der Waals surface area contributed by atoms with Gasteiger partial charge >= 0.3 is 0 Å².